The topological polar surface area (TPSA) is 96.2 Å². The number of nitrogens with zero attached hydrogens (tertiary/aromatic N) is 4. The summed E-state index contributed by atoms with van der Waals surface area (Å²) in [6, 6.07) is 5.34. The Hall–Kier alpha value is -2.55. The minimum atomic E-state index is -0.356. The molecular weight excluding hydrogens is 332 g/mol. The molecule has 0 fully saturated rings. The highest BCUT2D eigenvalue weighted by molar-refractivity contribution is 7.99. The summed E-state index contributed by atoms with van der Waals surface area (Å²) in [6.45, 7) is 4.51. The smallest absolute Gasteiger partial charge is 0.316 e. The van der Waals surface area contributed by atoms with Crippen LogP contribution in [0.4, 0.5) is 0 Å². The molecule has 3 heterocycles. The molecule has 0 radical (unpaired) electrons. The molecule has 0 atom stereocenters. The van der Waals surface area contributed by atoms with Gasteiger partial charge in [0, 0.05) is 12.6 Å². The highest BCUT2D eigenvalue weighted by Gasteiger charge is 2.16. The molecule has 3 rings (SSSR count). The third-order valence-corrected chi connectivity index (χ3v) is 4.09. The normalized spacial score (nSPS) is 10.9. The predicted molar refractivity (Wildman–Crippen MR) is 85.2 cm³/mol. The van der Waals surface area contributed by atoms with Crippen LogP contribution in [0.15, 0.2) is 38.6 Å². The van der Waals surface area contributed by atoms with E-state index in [0.717, 1.165) is 0 Å². The van der Waals surface area contributed by atoms with Gasteiger partial charge >= 0.3 is 5.97 Å². The molecule has 0 unspecified atom stereocenters. The van der Waals surface area contributed by atoms with Crippen molar-refractivity contribution in [1.29, 1.82) is 0 Å². The molecule has 0 aliphatic rings. The second-order valence-corrected chi connectivity index (χ2v) is 5.85. The Balaban J connectivity index is 1.57. The molecule has 0 aliphatic heterocycles. The van der Waals surface area contributed by atoms with Crippen molar-refractivity contribution >= 4 is 17.7 Å². The molecule has 3 aromatic rings. The fourth-order valence-electron chi connectivity index (χ4n) is 2.07. The fraction of sp³-hybridized carbons (Fsp3) is 0.333. The SMILES string of the molecule is CCn1c(SCC(=O)OCc2cc(C)on2)nnc1-c1ccco1. The Kier molecular flexibility index (Phi) is 4.99. The second kappa shape index (κ2) is 7.35. The summed E-state index contributed by atoms with van der Waals surface area (Å²) in [5, 5.41) is 12.7. The van der Waals surface area contributed by atoms with Crippen LogP contribution in [0.3, 0.4) is 0 Å². The van der Waals surface area contributed by atoms with Crippen molar-refractivity contribution in [2.45, 2.75) is 32.2 Å². The van der Waals surface area contributed by atoms with Crippen LogP contribution in [-0.2, 0) is 22.7 Å². The van der Waals surface area contributed by atoms with E-state index < -0.39 is 0 Å². The highest BCUT2D eigenvalue weighted by Crippen LogP contribution is 2.24. The number of aryl methyl sites for hydroxylation is 1. The first-order valence-corrected chi connectivity index (χ1v) is 8.33. The van der Waals surface area contributed by atoms with Crippen molar-refractivity contribution in [1.82, 2.24) is 19.9 Å². The standard InChI is InChI=1S/C15H16N4O4S/c1-3-19-14(12-5-4-6-21-12)16-17-15(19)24-9-13(20)22-8-11-7-10(2)23-18-11/h4-7H,3,8-9H2,1-2H3. The van der Waals surface area contributed by atoms with Gasteiger partial charge in [0.05, 0.1) is 12.0 Å². The van der Waals surface area contributed by atoms with E-state index in [9.17, 15) is 4.79 Å². The van der Waals surface area contributed by atoms with Gasteiger partial charge in [-0.1, -0.05) is 16.9 Å². The van der Waals surface area contributed by atoms with E-state index in [1.165, 1.54) is 11.8 Å². The van der Waals surface area contributed by atoms with E-state index in [-0.39, 0.29) is 18.3 Å². The molecule has 9 heteroatoms. The minimum absolute atomic E-state index is 0.0921. The van der Waals surface area contributed by atoms with E-state index in [1.807, 2.05) is 17.6 Å². The molecule has 0 aromatic carbocycles. The lowest BCUT2D eigenvalue weighted by atomic mass is 10.4. The van der Waals surface area contributed by atoms with Gasteiger partial charge < -0.3 is 13.7 Å². The van der Waals surface area contributed by atoms with Crippen molar-refractivity contribution in [3.8, 4) is 11.6 Å². The molecule has 0 spiro atoms. The van der Waals surface area contributed by atoms with Crippen LogP contribution in [0.25, 0.3) is 11.6 Å². The maximum absolute atomic E-state index is 11.9. The number of esters is 1. The van der Waals surface area contributed by atoms with E-state index in [0.29, 0.717) is 34.7 Å². The lowest BCUT2D eigenvalue weighted by molar-refractivity contribution is -0.141. The van der Waals surface area contributed by atoms with Gasteiger partial charge in [-0.2, -0.15) is 0 Å². The lowest BCUT2D eigenvalue weighted by Gasteiger charge is -2.05. The molecule has 126 valence electrons. The molecule has 0 bridgehead atoms. The van der Waals surface area contributed by atoms with Gasteiger partial charge in [-0.15, -0.1) is 10.2 Å². The monoisotopic (exact) mass is 348 g/mol. The number of furan rings is 1. The summed E-state index contributed by atoms with van der Waals surface area (Å²) in [5.74, 6) is 1.73. The average Bonchev–Trinajstić information content (AvgIpc) is 3.30. The molecule has 24 heavy (non-hydrogen) atoms. The maximum Gasteiger partial charge on any atom is 0.316 e. The third-order valence-electron chi connectivity index (χ3n) is 3.15. The maximum atomic E-state index is 11.9. The number of ether oxygens (including phenoxy) is 1. The van der Waals surface area contributed by atoms with Crippen molar-refractivity contribution < 1.29 is 18.5 Å². The molecule has 0 saturated heterocycles. The van der Waals surface area contributed by atoms with Gasteiger partial charge in [-0.25, -0.2) is 0 Å². The highest BCUT2D eigenvalue weighted by atomic mass is 32.2. The zero-order chi connectivity index (χ0) is 16.9. The van der Waals surface area contributed by atoms with E-state index in [2.05, 4.69) is 15.4 Å². The summed E-state index contributed by atoms with van der Waals surface area (Å²) >= 11 is 1.27. The van der Waals surface area contributed by atoms with Gasteiger partial charge in [-0.05, 0) is 26.0 Å². The van der Waals surface area contributed by atoms with Crippen molar-refractivity contribution in [3.63, 3.8) is 0 Å². The van der Waals surface area contributed by atoms with E-state index in [4.69, 9.17) is 13.7 Å². The van der Waals surface area contributed by atoms with Crippen LogP contribution in [0.5, 0.6) is 0 Å². The minimum Gasteiger partial charge on any atom is -0.461 e. The van der Waals surface area contributed by atoms with E-state index in [1.54, 1.807) is 25.3 Å². The Morgan fingerprint density at radius 1 is 1.42 bits per heavy atom. The summed E-state index contributed by atoms with van der Waals surface area (Å²) in [7, 11) is 0. The van der Waals surface area contributed by atoms with Gasteiger partial charge in [-0.3, -0.25) is 9.36 Å². The number of hydrogen-bond acceptors (Lipinski definition) is 8. The molecule has 0 N–H and O–H groups in total. The number of aromatic nitrogens is 4. The van der Waals surface area contributed by atoms with E-state index >= 15 is 0 Å². The zero-order valence-corrected chi connectivity index (χ0v) is 14.1. The number of hydrogen-bond donors (Lipinski definition) is 0. The van der Waals surface area contributed by atoms with Crippen LogP contribution >= 0.6 is 11.8 Å². The van der Waals surface area contributed by atoms with Gasteiger partial charge in [0.25, 0.3) is 0 Å². The Bertz CT molecular complexity index is 809. The van der Waals surface area contributed by atoms with Crippen LogP contribution < -0.4 is 0 Å². The first kappa shape index (κ1) is 16.3. The number of carbonyl (C=O) groups is 1. The summed E-state index contributed by atoms with van der Waals surface area (Å²) in [6.07, 6.45) is 1.58. The van der Waals surface area contributed by atoms with Crippen LogP contribution in [0, 0.1) is 6.92 Å². The predicted octanol–water partition coefficient (Wildman–Crippen LogP) is 2.69. The second-order valence-electron chi connectivity index (χ2n) is 4.91. The summed E-state index contributed by atoms with van der Waals surface area (Å²) < 4.78 is 17.3. The zero-order valence-electron chi connectivity index (χ0n) is 13.3. The largest absolute Gasteiger partial charge is 0.461 e. The number of rotatable bonds is 7. The number of thioether (sulfide) groups is 1. The molecule has 0 saturated carbocycles. The summed E-state index contributed by atoms with van der Waals surface area (Å²) in [4.78, 5) is 11.9. The molecular formula is C15H16N4O4S. The average molecular weight is 348 g/mol. The van der Waals surface area contributed by atoms with Gasteiger partial charge in [0.2, 0.25) is 0 Å². The van der Waals surface area contributed by atoms with Gasteiger partial charge in [0.1, 0.15) is 18.1 Å². The summed E-state index contributed by atoms with van der Waals surface area (Å²) in [5.41, 5.74) is 0.586. The van der Waals surface area contributed by atoms with Gasteiger partial charge in [0.15, 0.2) is 16.7 Å². The van der Waals surface area contributed by atoms with Crippen molar-refractivity contribution in [2.24, 2.45) is 0 Å². The first-order chi connectivity index (χ1) is 11.7. The molecule has 0 aliphatic carbocycles. The molecule has 0 amide bonds. The Labute approximate surface area is 142 Å². The lowest BCUT2D eigenvalue weighted by Crippen LogP contribution is -2.08. The third kappa shape index (κ3) is 3.67. The Morgan fingerprint density at radius 2 is 2.29 bits per heavy atom. The number of carbonyl (C=O) groups excluding carboxylic acids is 1. The fourth-order valence-corrected chi connectivity index (χ4v) is 2.87. The van der Waals surface area contributed by atoms with Crippen molar-refractivity contribution in [2.75, 3.05) is 5.75 Å². The van der Waals surface area contributed by atoms with Crippen LogP contribution in [0.2, 0.25) is 0 Å². The first-order valence-electron chi connectivity index (χ1n) is 7.35. The molecule has 8 nitrogen and oxygen atoms in total. The van der Waals surface area contributed by atoms with Crippen molar-refractivity contribution in [3.05, 3.63) is 35.9 Å². The molecule has 3 aromatic heterocycles. The quantitative estimate of drug-likeness (QED) is 0.475. The Morgan fingerprint density at radius 3 is 2.96 bits per heavy atom. The van der Waals surface area contributed by atoms with Crippen LogP contribution in [0.1, 0.15) is 18.4 Å². The van der Waals surface area contributed by atoms with Crippen LogP contribution in [-0.4, -0.2) is 31.6 Å².